The number of anilines is 1. The van der Waals surface area contributed by atoms with E-state index in [9.17, 15) is 18.0 Å². The summed E-state index contributed by atoms with van der Waals surface area (Å²) in [6.45, 7) is 4.32. The van der Waals surface area contributed by atoms with E-state index >= 15 is 0 Å². The van der Waals surface area contributed by atoms with Crippen molar-refractivity contribution in [2.75, 3.05) is 11.9 Å². The van der Waals surface area contributed by atoms with Gasteiger partial charge in [-0.1, -0.05) is 24.3 Å². The van der Waals surface area contributed by atoms with Crippen LogP contribution < -0.4 is 15.6 Å². The highest BCUT2D eigenvalue weighted by molar-refractivity contribution is 5.98. The Kier molecular flexibility index (Phi) is 3.91. The van der Waals surface area contributed by atoms with Crippen molar-refractivity contribution in [3.63, 3.8) is 0 Å². The molecule has 1 aliphatic heterocycles. The lowest BCUT2D eigenvalue weighted by molar-refractivity contribution is -0.274. The summed E-state index contributed by atoms with van der Waals surface area (Å²) >= 11 is 0. The molecule has 4 nitrogen and oxygen atoms in total. The van der Waals surface area contributed by atoms with E-state index in [1.807, 2.05) is 19.9 Å². The minimum atomic E-state index is -4.86. The first-order valence-corrected chi connectivity index (χ1v) is 8.55. The van der Waals surface area contributed by atoms with Crippen molar-refractivity contribution >= 4 is 16.6 Å². The molecule has 1 aromatic heterocycles. The van der Waals surface area contributed by atoms with Crippen LogP contribution in [0.4, 0.5) is 18.9 Å². The van der Waals surface area contributed by atoms with E-state index in [2.05, 4.69) is 10.1 Å². The number of aryl methyl sites for hydroxylation is 1. The monoisotopic (exact) mass is 374 g/mol. The summed E-state index contributed by atoms with van der Waals surface area (Å²) in [5.41, 5.74) is 3.28. The second-order valence-corrected chi connectivity index (χ2v) is 6.59. The van der Waals surface area contributed by atoms with E-state index in [-0.39, 0.29) is 11.1 Å². The van der Waals surface area contributed by atoms with Crippen molar-refractivity contribution < 1.29 is 17.9 Å². The van der Waals surface area contributed by atoms with Crippen LogP contribution in [0, 0.1) is 13.8 Å². The maximum absolute atomic E-state index is 13.2. The van der Waals surface area contributed by atoms with Crippen LogP contribution in [-0.2, 0) is 6.42 Å². The van der Waals surface area contributed by atoms with Crippen LogP contribution in [-0.4, -0.2) is 17.5 Å². The van der Waals surface area contributed by atoms with Crippen LogP contribution in [0.2, 0.25) is 0 Å². The topological polar surface area (TPSA) is 43.3 Å². The minimum absolute atomic E-state index is 0.113. The van der Waals surface area contributed by atoms with Crippen LogP contribution in [0.1, 0.15) is 16.7 Å². The molecule has 0 unspecified atom stereocenters. The average Bonchev–Trinajstić information content (AvgIpc) is 3.08. The lowest BCUT2D eigenvalue weighted by atomic mass is 10.0. The molecule has 0 amide bonds. The molecule has 2 aromatic carbocycles. The van der Waals surface area contributed by atoms with Crippen molar-refractivity contribution in [2.45, 2.75) is 26.6 Å². The van der Waals surface area contributed by atoms with Gasteiger partial charge in [-0.3, -0.25) is 9.36 Å². The molecule has 0 aliphatic carbocycles. The number of nitrogens with one attached hydrogen (secondary N) is 1. The van der Waals surface area contributed by atoms with Crippen LogP contribution in [0.3, 0.4) is 0 Å². The molecule has 140 valence electrons. The van der Waals surface area contributed by atoms with Crippen LogP contribution >= 0.6 is 0 Å². The smallest absolute Gasteiger partial charge is 0.404 e. The Morgan fingerprint density at radius 3 is 2.59 bits per heavy atom. The molecular formula is C20H17F3N2O2. The predicted molar refractivity (Wildman–Crippen MR) is 97.9 cm³/mol. The first kappa shape index (κ1) is 17.5. The third kappa shape index (κ3) is 2.83. The lowest BCUT2D eigenvalue weighted by Gasteiger charge is -2.20. The van der Waals surface area contributed by atoms with Crippen LogP contribution in [0.15, 0.2) is 41.2 Å². The van der Waals surface area contributed by atoms with Gasteiger partial charge in [-0.15, -0.1) is 13.2 Å². The number of hydrogen-bond donors (Lipinski definition) is 1. The Morgan fingerprint density at radius 1 is 1.11 bits per heavy atom. The number of hydrogen-bond acceptors (Lipinski definition) is 3. The van der Waals surface area contributed by atoms with Crippen molar-refractivity contribution in [2.24, 2.45) is 0 Å². The SMILES string of the molecule is Cc1cccc(-n2c(=O)c3c(c4cccc(OC(F)(F)F)c42)NCC3)c1C. The molecule has 0 spiro atoms. The van der Waals surface area contributed by atoms with Gasteiger partial charge in [0, 0.05) is 17.5 Å². The molecular weight excluding hydrogens is 357 g/mol. The van der Waals surface area contributed by atoms with Crippen molar-refractivity contribution in [3.8, 4) is 11.4 Å². The molecule has 0 saturated carbocycles. The summed E-state index contributed by atoms with van der Waals surface area (Å²) in [6, 6.07) is 9.86. The number of para-hydroxylation sites is 1. The summed E-state index contributed by atoms with van der Waals surface area (Å²) in [7, 11) is 0. The van der Waals surface area contributed by atoms with Crippen molar-refractivity contribution in [1.82, 2.24) is 4.57 Å². The Hall–Kier alpha value is -2.96. The summed E-state index contributed by atoms with van der Waals surface area (Å²) in [5, 5.41) is 3.66. The van der Waals surface area contributed by atoms with Crippen molar-refractivity contribution in [1.29, 1.82) is 0 Å². The van der Waals surface area contributed by atoms with Gasteiger partial charge in [0.05, 0.1) is 11.4 Å². The molecule has 4 rings (SSSR count). The molecule has 3 aromatic rings. The Morgan fingerprint density at radius 2 is 1.85 bits per heavy atom. The zero-order valence-corrected chi connectivity index (χ0v) is 14.8. The summed E-state index contributed by atoms with van der Waals surface area (Å²) < 4.78 is 44.6. The van der Waals surface area contributed by atoms with Gasteiger partial charge >= 0.3 is 6.36 Å². The summed E-state index contributed by atoms with van der Waals surface area (Å²) in [6.07, 6.45) is -4.33. The molecule has 0 fully saturated rings. The molecule has 7 heteroatoms. The molecule has 1 N–H and O–H groups in total. The van der Waals surface area contributed by atoms with Crippen LogP contribution in [0.5, 0.6) is 5.75 Å². The number of aromatic nitrogens is 1. The number of rotatable bonds is 2. The van der Waals surface area contributed by atoms with Gasteiger partial charge in [0.2, 0.25) is 0 Å². The fourth-order valence-electron chi connectivity index (χ4n) is 3.62. The summed E-state index contributed by atoms with van der Waals surface area (Å²) in [5.74, 6) is -0.394. The van der Waals surface area contributed by atoms with Gasteiger partial charge in [-0.05, 0) is 43.5 Å². The molecule has 0 bridgehead atoms. The van der Waals surface area contributed by atoms with E-state index in [0.29, 0.717) is 35.3 Å². The number of pyridine rings is 1. The highest BCUT2D eigenvalue weighted by Crippen LogP contribution is 2.37. The fourth-order valence-corrected chi connectivity index (χ4v) is 3.62. The maximum Gasteiger partial charge on any atom is 0.573 e. The Balaban J connectivity index is 2.17. The van der Waals surface area contributed by atoms with Gasteiger partial charge in [0.15, 0.2) is 5.75 Å². The highest BCUT2D eigenvalue weighted by Gasteiger charge is 2.33. The molecule has 0 saturated heterocycles. The van der Waals surface area contributed by atoms with Gasteiger partial charge < -0.3 is 10.1 Å². The van der Waals surface area contributed by atoms with Gasteiger partial charge in [0.1, 0.15) is 5.52 Å². The number of ether oxygens (including phenoxy) is 1. The molecule has 1 aliphatic rings. The number of nitrogens with zero attached hydrogens (tertiary/aromatic N) is 1. The number of alkyl halides is 3. The molecule has 27 heavy (non-hydrogen) atoms. The molecule has 2 heterocycles. The zero-order valence-electron chi connectivity index (χ0n) is 14.8. The van der Waals surface area contributed by atoms with Gasteiger partial charge in [0.25, 0.3) is 5.56 Å². The quantitative estimate of drug-likeness (QED) is 0.720. The zero-order chi connectivity index (χ0) is 19.3. The average molecular weight is 374 g/mol. The number of benzene rings is 2. The first-order chi connectivity index (χ1) is 12.8. The third-order valence-electron chi connectivity index (χ3n) is 4.97. The van der Waals surface area contributed by atoms with E-state index in [4.69, 9.17) is 0 Å². The summed E-state index contributed by atoms with van der Waals surface area (Å²) in [4.78, 5) is 13.2. The lowest BCUT2D eigenvalue weighted by Crippen LogP contribution is -2.25. The predicted octanol–water partition coefficient (Wildman–Crippen LogP) is 4.47. The standard InChI is InChI=1S/C20H17F3N2O2/c1-11-5-3-7-15(12(11)2)25-18-13(17-14(19(25)26)9-10-24-17)6-4-8-16(18)27-20(21,22)23/h3-8,24H,9-10H2,1-2H3. The Labute approximate surface area is 153 Å². The van der Waals surface area contributed by atoms with Crippen LogP contribution in [0.25, 0.3) is 16.6 Å². The molecule has 0 radical (unpaired) electrons. The first-order valence-electron chi connectivity index (χ1n) is 8.55. The number of fused-ring (bicyclic) bond motifs is 3. The third-order valence-corrected chi connectivity index (χ3v) is 4.97. The minimum Gasteiger partial charge on any atom is -0.404 e. The molecule has 0 atom stereocenters. The van der Waals surface area contributed by atoms with E-state index in [1.54, 1.807) is 18.2 Å². The second-order valence-electron chi connectivity index (χ2n) is 6.59. The Bertz CT molecular complexity index is 1120. The highest BCUT2D eigenvalue weighted by atomic mass is 19.4. The number of halogens is 3. The van der Waals surface area contributed by atoms with Gasteiger partial charge in [-0.25, -0.2) is 0 Å². The normalized spacial score (nSPS) is 13.5. The van der Waals surface area contributed by atoms with E-state index in [0.717, 1.165) is 11.1 Å². The van der Waals surface area contributed by atoms with E-state index in [1.165, 1.54) is 16.7 Å². The van der Waals surface area contributed by atoms with Gasteiger partial charge in [-0.2, -0.15) is 0 Å². The van der Waals surface area contributed by atoms with E-state index < -0.39 is 12.1 Å². The second kappa shape index (κ2) is 6.04. The fraction of sp³-hybridized carbons (Fsp3) is 0.250. The largest absolute Gasteiger partial charge is 0.573 e. The van der Waals surface area contributed by atoms with Crippen molar-refractivity contribution in [3.05, 3.63) is 63.4 Å². The maximum atomic E-state index is 13.2.